The molecule has 3 rings (SSSR count). The van der Waals surface area contributed by atoms with Gasteiger partial charge in [0.05, 0.1) is 23.4 Å². The van der Waals surface area contributed by atoms with Crippen molar-refractivity contribution in [3.8, 4) is 11.5 Å². The maximum absolute atomic E-state index is 13.0. The number of urea groups is 1. The van der Waals surface area contributed by atoms with Crippen LogP contribution in [0, 0.1) is 6.92 Å². The van der Waals surface area contributed by atoms with Gasteiger partial charge >= 0.3 is 6.03 Å². The number of ether oxygens (including phenoxy) is 2. The number of carbonyl (C=O) groups excluding carboxylic acids is 3. The summed E-state index contributed by atoms with van der Waals surface area (Å²) in [7, 11) is 0. The first kappa shape index (κ1) is 21.6. The first-order valence-corrected chi connectivity index (χ1v) is 10.2. The highest BCUT2D eigenvalue weighted by Crippen LogP contribution is 2.37. The Kier molecular flexibility index (Phi) is 6.56. The minimum absolute atomic E-state index is 0.158. The SMILES string of the molecule is CCOc1cc(/C=C2\C(=O)NC(=O)N(c3cccc(C)c3)C2=O)cc(Br)c1OCC. The Morgan fingerprint density at radius 1 is 1.07 bits per heavy atom. The highest BCUT2D eigenvalue weighted by atomic mass is 79.9. The third kappa shape index (κ3) is 4.38. The average molecular weight is 473 g/mol. The van der Waals surface area contributed by atoms with Crippen molar-refractivity contribution < 1.29 is 23.9 Å². The Morgan fingerprint density at radius 2 is 1.80 bits per heavy atom. The zero-order valence-electron chi connectivity index (χ0n) is 16.8. The molecule has 8 heteroatoms. The minimum Gasteiger partial charge on any atom is -0.490 e. The maximum atomic E-state index is 13.0. The predicted octanol–water partition coefficient (Wildman–Crippen LogP) is 4.22. The second kappa shape index (κ2) is 9.13. The van der Waals surface area contributed by atoms with Crippen LogP contribution in [0.25, 0.3) is 6.08 Å². The zero-order chi connectivity index (χ0) is 21.8. The molecule has 7 nitrogen and oxygen atoms in total. The van der Waals surface area contributed by atoms with Crippen LogP contribution < -0.4 is 19.7 Å². The number of hydrogen-bond acceptors (Lipinski definition) is 5. The third-order valence-electron chi connectivity index (χ3n) is 4.29. The van der Waals surface area contributed by atoms with E-state index in [1.165, 1.54) is 6.08 Å². The molecule has 4 amide bonds. The summed E-state index contributed by atoms with van der Waals surface area (Å²) in [6.45, 7) is 6.43. The van der Waals surface area contributed by atoms with Crippen molar-refractivity contribution in [3.63, 3.8) is 0 Å². The lowest BCUT2D eigenvalue weighted by molar-refractivity contribution is -0.122. The Bertz CT molecular complexity index is 1050. The second-order valence-corrected chi connectivity index (χ2v) is 7.35. The van der Waals surface area contributed by atoms with Crippen LogP contribution >= 0.6 is 15.9 Å². The number of hydrogen-bond donors (Lipinski definition) is 1. The van der Waals surface area contributed by atoms with E-state index in [1.54, 1.807) is 30.3 Å². The van der Waals surface area contributed by atoms with Gasteiger partial charge in [-0.15, -0.1) is 0 Å². The number of barbiturate groups is 1. The molecule has 1 aliphatic heterocycles. The molecule has 1 saturated heterocycles. The zero-order valence-corrected chi connectivity index (χ0v) is 18.4. The summed E-state index contributed by atoms with van der Waals surface area (Å²) in [5.41, 5.74) is 1.66. The van der Waals surface area contributed by atoms with Gasteiger partial charge in [0.2, 0.25) is 0 Å². The summed E-state index contributed by atoms with van der Waals surface area (Å²) in [5, 5.41) is 2.23. The number of benzene rings is 2. The largest absolute Gasteiger partial charge is 0.490 e. The smallest absolute Gasteiger partial charge is 0.335 e. The van der Waals surface area contributed by atoms with Gasteiger partial charge in [0.1, 0.15) is 5.57 Å². The standard InChI is InChI=1S/C22H21BrN2O5/c1-4-29-18-12-14(11-17(23)19(18)30-5-2)10-16-20(26)24-22(28)25(21(16)27)15-8-6-7-13(3)9-15/h6-12H,4-5H2,1-3H3,(H,24,26,28)/b16-10+. The van der Waals surface area contributed by atoms with Gasteiger partial charge in [-0.25, -0.2) is 9.69 Å². The van der Waals surface area contributed by atoms with Gasteiger partial charge in [-0.05, 0) is 78.2 Å². The van der Waals surface area contributed by atoms with Crippen molar-refractivity contribution in [1.29, 1.82) is 0 Å². The van der Waals surface area contributed by atoms with Crippen molar-refractivity contribution in [3.05, 3.63) is 57.6 Å². The van der Waals surface area contributed by atoms with Gasteiger partial charge in [0.25, 0.3) is 11.8 Å². The molecule has 1 heterocycles. The summed E-state index contributed by atoms with van der Waals surface area (Å²) >= 11 is 3.45. The molecule has 0 radical (unpaired) electrons. The number of nitrogens with zero attached hydrogens (tertiary/aromatic N) is 1. The van der Waals surface area contributed by atoms with Gasteiger partial charge in [0.15, 0.2) is 11.5 Å². The minimum atomic E-state index is -0.782. The molecule has 0 bridgehead atoms. The number of carbonyl (C=O) groups is 3. The van der Waals surface area contributed by atoms with Gasteiger partial charge in [-0.3, -0.25) is 14.9 Å². The Morgan fingerprint density at radius 3 is 2.47 bits per heavy atom. The summed E-state index contributed by atoms with van der Waals surface area (Å²) in [5.74, 6) is -0.428. The quantitative estimate of drug-likeness (QED) is 0.502. The van der Waals surface area contributed by atoms with Crippen molar-refractivity contribution >= 4 is 45.5 Å². The topological polar surface area (TPSA) is 84.9 Å². The second-order valence-electron chi connectivity index (χ2n) is 6.49. The number of halogens is 1. The number of imide groups is 2. The molecule has 0 spiro atoms. The number of anilines is 1. The molecule has 0 unspecified atom stereocenters. The lowest BCUT2D eigenvalue weighted by Gasteiger charge is -2.26. The van der Waals surface area contributed by atoms with Crippen molar-refractivity contribution in [2.75, 3.05) is 18.1 Å². The molecule has 0 aliphatic carbocycles. The Balaban J connectivity index is 2.04. The molecule has 1 fully saturated rings. The summed E-state index contributed by atoms with van der Waals surface area (Å²) in [4.78, 5) is 38.7. The number of aryl methyl sites for hydroxylation is 1. The highest BCUT2D eigenvalue weighted by Gasteiger charge is 2.36. The van der Waals surface area contributed by atoms with E-state index in [1.807, 2.05) is 26.8 Å². The van der Waals surface area contributed by atoms with Crippen LogP contribution in [0.2, 0.25) is 0 Å². The van der Waals surface area contributed by atoms with Crippen LogP contribution in [0.15, 0.2) is 46.4 Å². The lowest BCUT2D eigenvalue weighted by atomic mass is 10.1. The fourth-order valence-corrected chi connectivity index (χ4v) is 3.62. The van der Waals surface area contributed by atoms with Crippen molar-refractivity contribution in [1.82, 2.24) is 5.32 Å². The van der Waals surface area contributed by atoms with Crippen molar-refractivity contribution in [2.24, 2.45) is 0 Å². The van der Waals surface area contributed by atoms with Gasteiger partial charge < -0.3 is 9.47 Å². The monoisotopic (exact) mass is 472 g/mol. The number of amides is 4. The summed E-state index contributed by atoms with van der Waals surface area (Å²) in [6.07, 6.45) is 1.43. The van der Waals surface area contributed by atoms with Crippen LogP contribution in [0.5, 0.6) is 11.5 Å². The fourth-order valence-electron chi connectivity index (χ4n) is 3.04. The molecule has 0 atom stereocenters. The first-order valence-electron chi connectivity index (χ1n) is 9.43. The molecule has 30 heavy (non-hydrogen) atoms. The molecule has 0 saturated carbocycles. The summed E-state index contributed by atoms with van der Waals surface area (Å²) in [6, 6.07) is 9.54. The van der Waals surface area contributed by atoms with E-state index in [0.717, 1.165) is 10.5 Å². The van der Waals surface area contributed by atoms with E-state index >= 15 is 0 Å². The van der Waals surface area contributed by atoms with Crippen LogP contribution in [-0.2, 0) is 9.59 Å². The van der Waals surface area contributed by atoms with Gasteiger partial charge in [-0.2, -0.15) is 0 Å². The Labute approximate surface area is 182 Å². The predicted molar refractivity (Wildman–Crippen MR) is 117 cm³/mol. The van der Waals surface area contributed by atoms with Crippen LogP contribution in [0.4, 0.5) is 10.5 Å². The number of rotatable bonds is 6. The van der Waals surface area contributed by atoms with E-state index in [2.05, 4.69) is 21.2 Å². The molecule has 1 aliphatic rings. The molecule has 2 aromatic carbocycles. The van der Waals surface area contributed by atoms with Crippen molar-refractivity contribution in [2.45, 2.75) is 20.8 Å². The third-order valence-corrected chi connectivity index (χ3v) is 4.88. The Hall–Kier alpha value is -3.13. The lowest BCUT2D eigenvalue weighted by Crippen LogP contribution is -2.54. The molecule has 0 aromatic heterocycles. The van der Waals surface area contributed by atoms with E-state index in [0.29, 0.717) is 40.4 Å². The number of nitrogens with one attached hydrogen (secondary N) is 1. The van der Waals surface area contributed by atoms with Crippen LogP contribution in [0.1, 0.15) is 25.0 Å². The molecule has 1 N–H and O–H groups in total. The molecular formula is C22H21BrN2O5. The summed E-state index contributed by atoms with van der Waals surface area (Å²) < 4.78 is 11.9. The average Bonchev–Trinajstić information content (AvgIpc) is 2.68. The highest BCUT2D eigenvalue weighted by molar-refractivity contribution is 9.10. The van der Waals surface area contributed by atoms with E-state index in [-0.39, 0.29) is 5.57 Å². The van der Waals surface area contributed by atoms with E-state index in [9.17, 15) is 14.4 Å². The first-order chi connectivity index (χ1) is 14.3. The molecule has 2 aromatic rings. The van der Waals surface area contributed by atoms with E-state index in [4.69, 9.17) is 9.47 Å². The van der Waals surface area contributed by atoms with Gasteiger partial charge in [0, 0.05) is 0 Å². The normalized spacial score (nSPS) is 15.4. The van der Waals surface area contributed by atoms with Crippen LogP contribution in [-0.4, -0.2) is 31.1 Å². The molecular weight excluding hydrogens is 452 g/mol. The van der Waals surface area contributed by atoms with Gasteiger partial charge in [-0.1, -0.05) is 12.1 Å². The van der Waals surface area contributed by atoms with Crippen LogP contribution in [0.3, 0.4) is 0 Å². The maximum Gasteiger partial charge on any atom is 0.335 e. The van der Waals surface area contributed by atoms with E-state index < -0.39 is 17.8 Å². The molecule has 156 valence electrons. The fraction of sp³-hybridized carbons (Fsp3) is 0.227.